The van der Waals surface area contributed by atoms with Gasteiger partial charge in [-0.25, -0.2) is 4.39 Å². The van der Waals surface area contributed by atoms with E-state index in [2.05, 4.69) is 11.8 Å². The Kier molecular flexibility index (Phi) is 4.55. The molecule has 0 amide bonds. The van der Waals surface area contributed by atoms with Gasteiger partial charge in [0.1, 0.15) is 18.2 Å². The van der Waals surface area contributed by atoms with Crippen LogP contribution in [0.25, 0.3) is 0 Å². The van der Waals surface area contributed by atoms with Crippen LogP contribution in [0.2, 0.25) is 0 Å². The van der Waals surface area contributed by atoms with Crippen molar-refractivity contribution in [3.8, 4) is 5.75 Å². The zero-order chi connectivity index (χ0) is 13.0. The van der Waals surface area contributed by atoms with E-state index >= 15 is 0 Å². The molecule has 1 aliphatic rings. The molecule has 0 bridgehead atoms. The first-order chi connectivity index (χ1) is 8.69. The molecule has 1 aromatic carbocycles. The van der Waals surface area contributed by atoms with Crippen LogP contribution in [-0.4, -0.2) is 37.2 Å². The van der Waals surface area contributed by atoms with E-state index in [1.54, 1.807) is 12.1 Å². The Hall–Kier alpha value is -1.13. The van der Waals surface area contributed by atoms with E-state index in [1.807, 2.05) is 0 Å². The minimum atomic E-state index is -0.249. The zero-order valence-corrected chi connectivity index (χ0v) is 10.8. The van der Waals surface area contributed by atoms with Gasteiger partial charge < -0.3 is 15.4 Å². The van der Waals surface area contributed by atoms with Crippen LogP contribution in [-0.2, 0) is 0 Å². The fraction of sp³-hybridized carbons (Fsp3) is 0.571. The molecule has 2 rings (SSSR count). The molecular formula is C14H21FN2O. The van der Waals surface area contributed by atoms with E-state index in [-0.39, 0.29) is 11.9 Å². The lowest BCUT2D eigenvalue weighted by Gasteiger charge is -2.20. The molecule has 18 heavy (non-hydrogen) atoms. The lowest BCUT2D eigenvalue weighted by atomic mass is 10.0. The predicted molar refractivity (Wildman–Crippen MR) is 70.1 cm³/mol. The van der Waals surface area contributed by atoms with Gasteiger partial charge in [0.05, 0.1) is 0 Å². The van der Waals surface area contributed by atoms with Crippen LogP contribution in [0.1, 0.15) is 13.3 Å². The number of rotatable bonds is 5. The van der Waals surface area contributed by atoms with Crippen molar-refractivity contribution >= 4 is 0 Å². The lowest BCUT2D eigenvalue weighted by Crippen LogP contribution is -2.37. The number of hydrogen-bond donors (Lipinski definition) is 1. The second-order valence-corrected chi connectivity index (χ2v) is 4.87. The molecule has 100 valence electrons. The number of benzene rings is 1. The highest BCUT2D eigenvalue weighted by atomic mass is 19.1. The summed E-state index contributed by atoms with van der Waals surface area (Å²) in [6.07, 6.45) is 1.14. The van der Waals surface area contributed by atoms with Crippen molar-refractivity contribution in [3.63, 3.8) is 0 Å². The van der Waals surface area contributed by atoms with Crippen LogP contribution < -0.4 is 10.5 Å². The Bertz CT molecular complexity index is 369. The van der Waals surface area contributed by atoms with Gasteiger partial charge in [0.2, 0.25) is 0 Å². The summed E-state index contributed by atoms with van der Waals surface area (Å²) < 4.78 is 18.3. The summed E-state index contributed by atoms with van der Waals surface area (Å²) in [5, 5.41) is 0. The molecule has 0 radical (unpaired) electrons. The largest absolute Gasteiger partial charge is 0.492 e. The Morgan fingerprint density at radius 2 is 2.17 bits per heavy atom. The summed E-state index contributed by atoms with van der Waals surface area (Å²) in [6, 6.07) is 6.11. The molecule has 1 fully saturated rings. The van der Waals surface area contributed by atoms with Gasteiger partial charge in [-0.2, -0.15) is 0 Å². The van der Waals surface area contributed by atoms with E-state index in [9.17, 15) is 4.39 Å². The van der Waals surface area contributed by atoms with Crippen LogP contribution in [0.4, 0.5) is 4.39 Å². The van der Waals surface area contributed by atoms with Crippen LogP contribution >= 0.6 is 0 Å². The quantitative estimate of drug-likeness (QED) is 0.869. The second kappa shape index (κ2) is 6.16. The molecule has 2 unspecified atom stereocenters. The summed E-state index contributed by atoms with van der Waals surface area (Å²) in [7, 11) is 0. The minimum absolute atomic E-state index is 0.0478. The first-order valence-corrected chi connectivity index (χ1v) is 6.55. The number of ether oxygens (including phenoxy) is 1. The number of nitrogens with two attached hydrogens (primary N) is 1. The second-order valence-electron chi connectivity index (χ2n) is 4.87. The highest BCUT2D eigenvalue weighted by molar-refractivity contribution is 5.22. The Morgan fingerprint density at radius 1 is 1.44 bits per heavy atom. The normalized spacial score (nSPS) is 22.1. The third kappa shape index (κ3) is 3.43. The van der Waals surface area contributed by atoms with Gasteiger partial charge in [0, 0.05) is 12.6 Å². The molecule has 2 N–H and O–H groups in total. The van der Waals surface area contributed by atoms with Crippen LogP contribution in [0.5, 0.6) is 5.75 Å². The number of halogens is 1. The van der Waals surface area contributed by atoms with Crippen molar-refractivity contribution in [2.24, 2.45) is 11.7 Å². The van der Waals surface area contributed by atoms with Gasteiger partial charge in [0.15, 0.2) is 0 Å². The van der Waals surface area contributed by atoms with Crippen molar-refractivity contribution in [1.82, 2.24) is 4.90 Å². The number of hydrogen-bond acceptors (Lipinski definition) is 3. The number of nitrogens with zero attached hydrogens (tertiary/aromatic N) is 1. The first-order valence-electron chi connectivity index (χ1n) is 6.55. The summed E-state index contributed by atoms with van der Waals surface area (Å²) >= 11 is 0. The monoisotopic (exact) mass is 252 g/mol. The third-order valence-corrected chi connectivity index (χ3v) is 3.62. The molecule has 0 aromatic heterocycles. The molecule has 1 saturated heterocycles. The predicted octanol–water partition coefficient (Wildman–Crippen LogP) is 1.87. The van der Waals surface area contributed by atoms with Crippen molar-refractivity contribution in [3.05, 3.63) is 30.1 Å². The van der Waals surface area contributed by atoms with E-state index < -0.39 is 0 Å². The van der Waals surface area contributed by atoms with E-state index in [1.165, 1.54) is 12.1 Å². The minimum Gasteiger partial charge on any atom is -0.492 e. The number of likely N-dealkylation sites (tertiary alicyclic amines) is 1. The summed E-state index contributed by atoms with van der Waals surface area (Å²) in [6.45, 7) is 5.94. The van der Waals surface area contributed by atoms with Crippen LogP contribution in [0.3, 0.4) is 0 Å². The molecule has 1 heterocycles. The maximum atomic E-state index is 12.7. The Labute approximate surface area is 108 Å². The van der Waals surface area contributed by atoms with Gasteiger partial charge in [-0.1, -0.05) is 6.92 Å². The molecule has 3 nitrogen and oxygen atoms in total. The Balaban J connectivity index is 1.78. The average Bonchev–Trinajstić information content (AvgIpc) is 2.86. The highest BCUT2D eigenvalue weighted by Gasteiger charge is 2.26. The molecule has 2 atom stereocenters. The summed E-state index contributed by atoms with van der Waals surface area (Å²) in [5.41, 5.74) is 6.15. The maximum Gasteiger partial charge on any atom is 0.123 e. The summed E-state index contributed by atoms with van der Waals surface area (Å²) in [5.74, 6) is 0.934. The van der Waals surface area contributed by atoms with Gasteiger partial charge in [-0.05, 0) is 49.7 Å². The molecular weight excluding hydrogens is 231 g/mol. The van der Waals surface area contributed by atoms with Crippen molar-refractivity contribution < 1.29 is 9.13 Å². The van der Waals surface area contributed by atoms with Gasteiger partial charge in [0.25, 0.3) is 0 Å². The topological polar surface area (TPSA) is 38.5 Å². The fourth-order valence-corrected chi connectivity index (χ4v) is 2.36. The average molecular weight is 252 g/mol. The van der Waals surface area contributed by atoms with Crippen molar-refractivity contribution in [2.75, 3.05) is 26.2 Å². The van der Waals surface area contributed by atoms with Crippen LogP contribution in [0, 0.1) is 11.7 Å². The fourth-order valence-electron chi connectivity index (χ4n) is 2.36. The third-order valence-electron chi connectivity index (χ3n) is 3.62. The van der Waals surface area contributed by atoms with Gasteiger partial charge >= 0.3 is 0 Å². The molecule has 0 spiro atoms. The smallest absolute Gasteiger partial charge is 0.123 e. The molecule has 0 saturated carbocycles. The van der Waals surface area contributed by atoms with E-state index in [0.717, 1.165) is 26.1 Å². The van der Waals surface area contributed by atoms with E-state index in [0.29, 0.717) is 18.3 Å². The standard InChI is InChI=1S/C14H21FN2O/c1-2-17-8-7-11(9-17)14(16)10-18-13-5-3-12(15)4-6-13/h3-6,11,14H,2,7-10,16H2,1H3. The maximum absolute atomic E-state index is 12.7. The zero-order valence-electron chi connectivity index (χ0n) is 10.8. The van der Waals surface area contributed by atoms with Crippen molar-refractivity contribution in [1.29, 1.82) is 0 Å². The summed E-state index contributed by atoms with van der Waals surface area (Å²) in [4.78, 5) is 2.41. The lowest BCUT2D eigenvalue weighted by molar-refractivity contribution is 0.241. The molecule has 1 aliphatic heterocycles. The van der Waals surface area contributed by atoms with Crippen LogP contribution in [0.15, 0.2) is 24.3 Å². The first kappa shape index (κ1) is 13.3. The van der Waals surface area contributed by atoms with Gasteiger partial charge in [-0.3, -0.25) is 0 Å². The van der Waals surface area contributed by atoms with E-state index in [4.69, 9.17) is 10.5 Å². The molecule has 4 heteroatoms. The SMILES string of the molecule is CCN1CCC(C(N)COc2ccc(F)cc2)C1. The highest BCUT2D eigenvalue weighted by Crippen LogP contribution is 2.19. The van der Waals surface area contributed by atoms with Gasteiger partial charge in [-0.15, -0.1) is 0 Å². The molecule has 0 aliphatic carbocycles. The Morgan fingerprint density at radius 3 is 2.78 bits per heavy atom. The molecule has 1 aromatic rings. The van der Waals surface area contributed by atoms with Crippen molar-refractivity contribution in [2.45, 2.75) is 19.4 Å².